The van der Waals surface area contributed by atoms with E-state index < -0.39 is 10.0 Å². The molecule has 0 aromatic carbocycles. The summed E-state index contributed by atoms with van der Waals surface area (Å²) >= 11 is 10.2. The normalized spacial score (nSPS) is 16.3. The molecular formula is C14H13BrClN3O3S2. The molecule has 0 atom stereocenters. The number of thiophene rings is 1. The lowest BCUT2D eigenvalue weighted by Crippen LogP contribution is -2.50. The lowest BCUT2D eigenvalue weighted by Gasteiger charge is -2.33. The van der Waals surface area contributed by atoms with Crippen LogP contribution in [0.3, 0.4) is 0 Å². The quantitative estimate of drug-likeness (QED) is 0.674. The van der Waals surface area contributed by atoms with Crippen LogP contribution in [0.15, 0.2) is 38.5 Å². The highest BCUT2D eigenvalue weighted by atomic mass is 79.9. The Morgan fingerprint density at radius 2 is 1.88 bits per heavy atom. The highest BCUT2D eigenvalue weighted by Crippen LogP contribution is 2.29. The summed E-state index contributed by atoms with van der Waals surface area (Å²) in [6, 6.07) is 6.47. The Kier molecular flexibility index (Phi) is 5.26. The number of aromatic nitrogens is 1. The van der Waals surface area contributed by atoms with Crippen molar-refractivity contribution in [2.24, 2.45) is 0 Å². The van der Waals surface area contributed by atoms with Crippen molar-refractivity contribution < 1.29 is 13.2 Å². The van der Waals surface area contributed by atoms with Crippen LogP contribution in [0.25, 0.3) is 0 Å². The van der Waals surface area contributed by atoms with Crippen LogP contribution in [-0.2, 0) is 10.0 Å². The van der Waals surface area contributed by atoms with Crippen LogP contribution in [0.4, 0.5) is 0 Å². The third-order valence-corrected chi connectivity index (χ3v) is 7.86. The molecule has 6 nitrogen and oxygen atoms in total. The summed E-state index contributed by atoms with van der Waals surface area (Å²) in [6.07, 6.45) is 1.43. The fraction of sp³-hybridized carbons (Fsp3) is 0.286. The monoisotopic (exact) mass is 449 g/mol. The third-order valence-electron chi connectivity index (χ3n) is 3.64. The third kappa shape index (κ3) is 3.65. The molecule has 1 fully saturated rings. The van der Waals surface area contributed by atoms with E-state index in [2.05, 4.69) is 20.9 Å². The minimum atomic E-state index is -3.51. The number of rotatable bonds is 3. The largest absolute Gasteiger partial charge is 0.336 e. The van der Waals surface area contributed by atoms with Crippen molar-refractivity contribution >= 4 is 54.8 Å². The van der Waals surface area contributed by atoms with E-state index in [1.165, 1.54) is 21.8 Å². The van der Waals surface area contributed by atoms with E-state index in [-0.39, 0.29) is 19.0 Å². The van der Waals surface area contributed by atoms with Gasteiger partial charge in [-0.25, -0.2) is 13.4 Å². The molecule has 3 heterocycles. The fourth-order valence-electron chi connectivity index (χ4n) is 2.38. The molecule has 10 heteroatoms. The van der Waals surface area contributed by atoms with Crippen molar-refractivity contribution in [2.75, 3.05) is 26.2 Å². The van der Waals surface area contributed by atoms with Crippen molar-refractivity contribution in [2.45, 2.75) is 4.21 Å². The zero-order valence-corrected chi connectivity index (χ0v) is 16.3. The van der Waals surface area contributed by atoms with E-state index in [0.29, 0.717) is 28.0 Å². The van der Waals surface area contributed by atoms with Gasteiger partial charge in [-0.15, -0.1) is 11.3 Å². The molecule has 1 aliphatic heterocycles. The number of halogens is 2. The van der Waals surface area contributed by atoms with E-state index in [0.717, 1.165) is 3.79 Å². The molecule has 1 saturated heterocycles. The Morgan fingerprint density at radius 1 is 1.17 bits per heavy atom. The van der Waals surface area contributed by atoms with Gasteiger partial charge in [0, 0.05) is 32.4 Å². The number of hydrogen-bond acceptors (Lipinski definition) is 5. The Bertz CT molecular complexity index is 846. The first-order valence-corrected chi connectivity index (χ1v) is 10.5. The standard InChI is InChI=1S/C14H13BrClN3O3S2/c15-11-2-4-13(23-11)24(21,22)19-7-5-18(6-8-19)14(20)10-1-3-12(16)17-9-10/h1-4,9H,5-8H2. The SMILES string of the molecule is O=C(c1ccc(Cl)nc1)N1CCN(S(=O)(=O)c2ccc(Br)s2)CC1. The van der Waals surface area contributed by atoms with Gasteiger partial charge in [0.25, 0.3) is 15.9 Å². The average molecular weight is 451 g/mol. The second-order valence-electron chi connectivity index (χ2n) is 5.12. The molecule has 0 bridgehead atoms. The molecule has 1 amide bonds. The van der Waals surface area contributed by atoms with E-state index in [9.17, 15) is 13.2 Å². The highest BCUT2D eigenvalue weighted by molar-refractivity contribution is 9.11. The van der Waals surface area contributed by atoms with Gasteiger partial charge in [0.2, 0.25) is 0 Å². The fourth-order valence-corrected chi connectivity index (χ4v) is 6.08. The molecule has 1 aliphatic rings. The Morgan fingerprint density at radius 3 is 2.42 bits per heavy atom. The maximum Gasteiger partial charge on any atom is 0.255 e. The number of amides is 1. The predicted molar refractivity (Wildman–Crippen MR) is 95.9 cm³/mol. The maximum absolute atomic E-state index is 12.6. The van der Waals surface area contributed by atoms with Crippen molar-refractivity contribution in [1.82, 2.24) is 14.2 Å². The topological polar surface area (TPSA) is 70.6 Å². The second-order valence-corrected chi connectivity index (χ2v) is 10.1. The van der Waals surface area contributed by atoms with Crippen LogP contribution in [0.2, 0.25) is 5.15 Å². The zero-order chi connectivity index (χ0) is 17.3. The Balaban J connectivity index is 1.67. The number of sulfonamides is 1. The van der Waals surface area contributed by atoms with E-state index in [1.54, 1.807) is 29.2 Å². The maximum atomic E-state index is 12.6. The van der Waals surface area contributed by atoms with Crippen molar-refractivity contribution in [1.29, 1.82) is 0 Å². The molecule has 2 aromatic rings. The van der Waals surface area contributed by atoms with Gasteiger partial charge in [0.1, 0.15) is 9.36 Å². The first-order chi connectivity index (χ1) is 11.4. The van der Waals surface area contributed by atoms with Crippen LogP contribution in [0.1, 0.15) is 10.4 Å². The van der Waals surface area contributed by atoms with Gasteiger partial charge in [-0.2, -0.15) is 4.31 Å². The van der Waals surface area contributed by atoms with Gasteiger partial charge < -0.3 is 4.90 Å². The van der Waals surface area contributed by atoms with E-state index in [4.69, 9.17) is 11.6 Å². The molecule has 0 N–H and O–H groups in total. The Hall–Kier alpha value is -1.000. The lowest BCUT2D eigenvalue weighted by molar-refractivity contribution is 0.0697. The number of hydrogen-bond donors (Lipinski definition) is 0. The smallest absolute Gasteiger partial charge is 0.255 e. The first kappa shape index (κ1) is 17.8. The van der Waals surface area contributed by atoms with E-state index >= 15 is 0 Å². The van der Waals surface area contributed by atoms with Crippen molar-refractivity contribution in [3.63, 3.8) is 0 Å². The minimum absolute atomic E-state index is 0.171. The predicted octanol–water partition coefficient (Wildman–Crippen LogP) is 2.71. The van der Waals surface area contributed by atoms with Gasteiger partial charge >= 0.3 is 0 Å². The summed E-state index contributed by atoms with van der Waals surface area (Å²) < 4.78 is 27.6. The minimum Gasteiger partial charge on any atom is -0.336 e. The Labute approximate surface area is 157 Å². The van der Waals surface area contributed by atoms with Gasteiger partial charge in [0.05, 0.1) is 9.35 Å². The van der Waals surface area contributed by atoms with Crippen molar-refractivity contribution in [3.8, 4) is 0 Å². The van der Waals surface area contributed by atoms with Crippen LogP contribution in [0, 0.1) is 0 Å². The summed E-state index contributed by atoms with van der Waals surface area (Å²) in [5.41, 5.74) is 0.442. The second kappa shape index (κ2) is 7.09. The number of nitrogens with zero attached hydrogens (tertiary/aromatic N) is 3. The summed E-state index contributed by atoms with van der Waals surface area (Å²) in [5, 5.41) is 0.324. The van der Waals surface area contributed by atoms with Gasteiger partial charge in [-0.05, 0) is 40.2 Å². The summed E-state index contributed by atoms with van der Waals surface area (Å²) in [6.45, 7) is 1.22. The van der Waals surface area contributed by atoms with Gasteiger partial charge in [-0.3, -0.25) is 4.79 Å². The molecule has 0 unspecified atom stereocenters. The zero-order valence-electron chi connectivity index (χ0n) is 12.4. The summed E-state index contributed by atoms with van der Waals surface area (Å²) in [7, 11) is -3.51. The van der Waals surface area contributed by atoms with Gasteiger partial charge in [0.15, 0.2) is 0 Å². The summed E-state index contributed by atoms with van der Waals surface area (Å²) in [5.74, 6) is -0.171. The number of carbonyl (C=O) groups excluding carboxylic acids is 1. The number of piperazine rings is 1. The molecule has 128 valence electrons. The highest BCUT2D eigenvalue weighted by Gasteiger charge is 2.31. The molecule has 0 aliphatic carbocycles. The van der Waals surface area contributed by atoms with Crippen LogP contribution in [-0.4, -0.2) is 54.7 Å². The van der Waals surface area contributed by atoms with Crippen molar-refractivity contribution in [3.05, 3.63) is 45.0 Å². The first-order valence-electron chi connectivity index (χ1n) is 7.04. The number of carbonyl (C=O) groups is 1. The number of pyridine rings is 1. The molecule has 0 radical (unpaired) electrons. The molecular weight excluding hydrogens is 438 g/mol. The van der Waals surface area contributed by atoms with E-state index in [1.807, 2.05) is 0 Å². The molecule has 24 heavy (non-hydrogen) atoms. The van der Waals surface area contributed by atoms with Gasteiger partial charge in [-0.1, -0.05) is 11.6 Å². The average Bonchev–Trinajstić information content (AvgIpc) is 3.02. The van der Waals surface area contributed by atoms with Crippen LogP contribution >= 0.6 is 38.9 Å². The van der Waals surface area contributed by atoms with Crippen LogP contribution in [0.5, 0.6) is 0 Å². The molecule has 0 saturated carbocycles. The molecule has 0 spiro atoms. The molecule has 3 rings (SSSR count). The van der Waals surface area contributed by atoms with Crippen LogP contribution < -0.4 is 0 Å². The lowest BCUT2D eigenvalue weighted by atomic mass is 10.2. The summed E-state index contributed by atoms with van der Waals surface area (Å²) in [4.78, 5) is 17.9. The molecule has 2 aromatic heterocycles.